The molecule has 0 saturated carbocycles. The van der Waals surface area contributed by atoms with Crippen LogP contribution in [0.4, 0.5) is 4.79 Å². The van der Waals surface area contributed by atoms with Gasteiger partial charge in [0.1, 0.15) is 5.60 Å². The Morgan fingerprint density at radius 3 is 2.44 bits per heavy atom. The lowest BCUT2D eigenvalue weighted by molar-refractivity contribution is -0.144. The molecule has 0 radical (unpaired) electrons. The van der Waals surface area contributed by atoms with Gasteiger partial charge in [-0.1, -0.05) is 13.8 Å². The third-order valence-corrected chi connectivity index (χ3v) is 2.38. The lowest BCUT2D eigenvalue weighted by atomic mass is 9.93. The highest BCUT2D eigenvalue weighted by Crippen LogP contribution is 2.27. The number of β-lactam (4-membered cyclic amide) rings is 1. The molecule has 4 heteroatoms. The van der Waals surface area contributed by atoms with E-state index in [1.54, 1.807) is 20.8 Å². The molecule has 0 aromatic rings. The zero-order chi connectivity index (χ0) is 12.5. The summed E-state index contributed by atoms with van der Waals surface area (Å²) in [4.78, 5) is 24.4. The fraction of sp³-hybridized carbons (Fsp3) is 0.833. The van der Waals surface area contributed by atoms with E-state index in [9.17, 15) is 9.59 Å². The van der Waals surface area contributed by atoms with E-state index < -0.39 is 11.7 Å². The number of likely N-dealkylation sites (tertiary alicyclic amines) is 1. The van der Waals surface area contributed by atoms with E-state index in [2.05, 4.69) is 13.8 Å². The molecule has 1 rings (SSSR count). The summed E-state index contributed by atoms with van der Waals surface area (Å²) in [6.07, 6.45) is 0.817. The van der Waals surface area contributed by atoms with Crippen LogP contribution in [0.3, 0.4) is 0 Å². The van der Waals surface area contributed by atoms with Crippen LogP contribution in [0.15, 0.2) is 0 Å². The Morgan fingerprint density at radius 2 is 2.06 bits per heavy atom. The molecule has 0 bridgehead atoms. The molecular formula is C12H21NO3. The van der Waals surface area contributed by atoms with Crippen LogP contribution in [0, 0.1) is 5.92 Å². The zero-order valence-electron chi connectivity index (χ0n) is 10.7. The van der Waals surface area contributed by atoms with Crippen molar-refractivity contribution in [2.45, 2.75) is 59.1 Å². The standard InChI is InChI=1S/C12H21NO3/c1-8(2)6-9-7-10(14)13(9)11(15)16-12(3,4)5/h8-9H,6-7H2,1-5H3. The van der Waals surface area contributed by atoms with Gasteiger partial charge in [-0.15, -0.1) is 0 Å². The van der Waals surface area contributed by atoms with Crippen LogP contribution in [0.5, 0.6) is 0 Å². The first-order valence-electron chi connectivity index (χ1n) is 5.75. The van der Waals surface area contributed by atoms with E-state index in [4.69, 9.17) is 4.74 Å². The second-order valence-corrected chi connectivity index (χ2v) is 5.73. The number of hydrogen-bond donors (Lipinski definition) is 0. The minimum Gasteiger partial charge on any atom is -0.443 e. The van der Waals surface area contributed by atoms with Gasteiger partial charge in [-0.3, -0.25) is 4.79 Å². The van der Waals surface area contributed by atoms with Gasteiger partial charge < -0.3 is 4.74 Å². The monoisotopic (exact) mass is 227 g/mol. The molecule has 1 atom stereocenters. The van der Waals surface area contributed by atoms with E-state index in [0.717, 1.165) is 6.42 Å². The number of carbonyl (C=O) groups is 2. The highest BCUT2D eigenvalue weighted by molar-refractivity contribution is 5.97. The summed E-state index contributed by atoms with van der Waals surface area (Å²) in [5.74, 6) is 0.350. The number of ether oxygens (including phenoxy) is 1. The van der Waals surface area contributed by atoms with Crippen molar-refractivity contribution in [1.82, 2.24) is 4.90 Å². The highest BCUT2D eigenvalue weighted by Gasteiger charge is 2.42. The van der Waals surface area contributed by atoms with Crippen LogP contribution >= 0.6 is 0 Å². The van der Waals surface area contributed by atoms with Crippen LogP contribution in [0.1, 0.15) is 47.5 Å². The van der Waals surface area contributed by atoms with E-state index in [0.29, 0.717) is 12.3 Å². The van der Waals surface area contributed by atoms with Gasteiger partial charge in [0.05, 0.1) is 6.04 Å². The number of hydrogen-bond acceptors (Lipinski definition) is 3. The maximum absolute atomic E-state index is 11.7. The molecule has 1 aliphatic heterocycles. The largest absolute Gasteiger partial charge is 0.443 e. The first kappa shape index (κ1) is 13.0. The average Bonchev–Trinajstić information content (AvgIpc) is 1.97. The van der Waals surface area contributed by atoms with E-state index in [-0.39, 0.29) is 11.9 Å². The van der Waals surface area contributed by atoms with Gasteiger partial charge >= 0.3 is 6.09 Å². The molecule has 0 aliphatic carbocycles. The van der Waals surface area contributed by atoms with Crippen molar-refractivity contribution in [3.8, 4) is 0 Å². The van der Waals surface area contributed by atoms with Crippen molar-refractivity contribution >= 4 is 12.0 Å². The van der Waals surface area contributed by atoms with Crippen molar-refractivity contribution in [2.24, 2.45) is 5.92 Å². The Bertz CT molecular complexity index is 291. The molecule has 4 nitrogen and oxygen atoms in total. The van der Waals surface area contributed by atoms with Crippen molar-refractivity contribution in [2.75, 3.05) is 0 Å². The summed E-state index contributed by atoms with van der Waals surface area (Å²) >= 11 is 0. The lowest BCUT2D eigenvalue weighted by Gasteiger charge is -2.39. The van der Waals surface area contributed by atoms with E-state index >= 15 is 0 Å². The summed E-state index contributed by atoms with van der Waals surface area (Å²) in [6.45, 7) is 9.55. The molecule has 1 heterocycles. The molecular weight excluding hydrogens is 206 g/mol. The Hall–Kier alpha value is -1.06. The normalized spacial score (nSPS) is 21.0. The van der Waals surface area contributed by atoms with E-state index in [1.807, 2.05) is 0 Å². The quantitative estimate of drug-likeness (QED) is 0.681. The zero-order valence-corrected chi connectivity index (χ0v) is 10.7. The Labute approximate surface area is 96.9 Å². The molecule has 16 heavy (non-hydrogen) atoms. The maximum Gasteiger partial charge on any atom is 0.417 e. The Kier molecular flexibility index (Phi) is 3.61. The van der Waals surface area contributed by atoms with Gasteiger partial charge in [-0.25, -0.2) is 9.69 Å². The van der Waals surface area contributed by atoms with Crippen LogP contribution in [0.25, 0.3) is 0 Å². The summed E-state index contributed by atoms with van der Waals surface area (Å²) in [6, 6.07) is 0.0300. The molecule has 1 unspecified atom stereocenters. The van der Waals surface area contributed by atoms with Crippen LogP contribution in [-0.2, 0) is 9.53 Å². The van der Waals surface area contributed by atoms with Gasteiger partial charge in [0.25, 0.3) is 0 Å². The summed E-state index contributed by atoms with van der Waals surface area (Å²) < 4.78 is 5.19. The van der Waals surface area contributed by atoms with Crippen LogP contribution < -0.4 is 0 Å². The lowest BCUT2D eigenvalue weighted by Crippen LogP contribution is -2.57. The number of amides is 2. The first-order valence-corrected chi connectivity index (χ1v) is 5.75. The molecule has 1 fully saturated rings. The van der Waals surface area contributed by atoms with Gasteiger partial charge in [-0.05, 0) is 33.1 Å². The summed E-state index contributed by atoms with van der Waals surface area (Å²) in [5.41, 5.74) is -0.546. The molecule has 92 valence electrons. The molecule has 1 saturated heterocycles. The highest BCUT2D eigenvalue weighted by atomic mass is 16.6. The number of rotatable bonds is 2. The minimum atomic E-state index is -0.546. The van der Waals surface area contributed by atoms with Gasteiger partial charge in [0, 0.05) is 6.42 Å². The van der Waals surface area contributed by atoms with Gasteiger partial charge in [-0.2, -0.15) is 0 Å². The SMILES string of the molecule is CC(C)CC1CC(=O)N1C(=O)OC(C)(C)C. The second-order valence-electron chi connectivity index (χ2n) is 5.73. The molecule has 2 amide bonds. The fourth-order valence-electron chi connectivity index (χ4n) is 1.78. The van der Waals surface area contributed by atoms with E-state index in [1.165, 1.54) is 4.90 Å². The van der Waals surface area contributed by atoms with Crippen molar-refractivity contribution < 1.29 is 14.3 Å². The first-order chi connectivity index (χ1) is 7.20. The number of nitrogens with zero attached hydrogens (tertiary/aromatic N) is 1. The van der Waals surface area contributed by atoms with Gasteiger partial charge in [0.2, 0.25) is 5.91 Å². The number of imide groups is 1. The molecule has 0 aromatic carbocycles. The third-order valence-electron chi connectivity index (χ3n) is 2.38. The molecule has 1 aliphatic rings. The maximum atomic E-state index is 11.7. The number of carbonyl (C=O) groups excluding carboxylic acids is 2. The Balaban J connectivity index is 2.57. The average molecular weight is 227 g/mol. The molecule has 0 aromatic heterocycles. The van der Waals surface area contributed by atoms with Crippen LogP contribution in [0.2, 0.25) is 0 Å². The van der Waals surface area contributed by atoms with Gasteiger partial charge in [0.15, 0.2) is 0 Å². The predicted molar refractivity (Wildman–Crippen MR) is 60.9 cm³/mol. The molecule has 0 spiro atoms. The molecule has 0 N–H and O–H groups in total. The van der Waals surface area contributed by atoms with Crippen molar-refractivity contribution in [1.29, 1.82) is 0 Å². The Morgan fingerprint density at radius 1 is 1.50 bits per heavy atom. The van der Waals surface area contributed by atoms with Crippen molar-refractivity contribution in [3.05, 3.63) is 0 Å². The summed E-state index contributed by atoms with van der Waals surface area (Å²) in [7, 11) is 0. The second kappa shape index (κ2) is 4.44. The third kappa shape index (κ3) is 3.22. The van der Waals surface area contributed by atoms with Crippen LogP contribution in [-0.4, -0.2) is 28.5 Å². The van der Waals surface area contributed by atoms with Crippen molar-refractivity contribution in [3.63, 3.8) is 0 Å². The fourth-order valence-corrected chi connectivity index (χ4v) is 1.78. The topological polar surface area (TPSA) is 46.6 Å². The predicted octanol–water partition coefficient (Wildman–Crippen LogP) is 2.57. The minimum absolute atomic E-state index is 0.0300. The summed E-state index contributed by atoms with van der Waals surface area (Å²) in [5, 5.41) is 0. The smallest absolute Gasteiger partial charge is 0.417 e.